The van der Waals surface area contributed by atoms with Gasteiger partial charge in [0, 0.05) is 44.8 Å². The summed E-state index contributed by atoms with van der Waals surface area (Å²) in [6, 6.07) is 4.74. The summed E-state index contributed by atoms with van der Waals surface area (Å²) in [5, 5.41) is 0. The first-order valence-corrected chi connectivity index (χ1v) is 12.7. The van der Waals surface area contributed by atoms with Crippen LogP contribution < -0.4 is 9.47 Å². The lowest BCUT2D eigenvalue weighted by molar-refractivity contribution is -0.140. The highest BCUT2D eigenvalue weighted by Gasteiger charge is 2.35. The number of benzene rings is 1. The molecule has 0 aromatic heterocycles. The van der Waals surface area contributed by atoms with Crippen LogP contribution in [0.1, 0.15) is 39.0 Å². The molecule has 0 bridgehead atoms. The second-order valence-corrected chi connectivity index (χ2v) is 10.3. The molecule has 4 rings (SSSR count). The molecule has 1 aromatic carbocycles. The molecule has 1 unspecified atom stereocenters. The minimum Gasteiger partial charge on any atom is -0.486 e. The van der Waals surface area contributed by atoms with Crippen molar-refractivity contribution in [3.63, 3.8) is 0 Å². The number of carbonyl (C=O) groups is 1. The molecule has 2 saturated heterocycles. The van der Waals surface area contributed by atoms with Gasteiger partial charge in [0.25, 0.3) is 0 Å². The predicted molar refractivity (Wildman–Crippen MR) is 115 cm³/mol. The molecule has 3 heterocycles. The van der Waals surface area contributed by atoms with Crippen molar-refractivity contribution < 1.29 is 27.4 Å². The Bertz CT molecular complexity index is 882. The molecule has 1 atom stereocenters. The molecule has 2 fully saturated rings. The van der Waals surface area contributed by atoms with Gasteiger partial charge in [-0.2, -0.15) is 4.31 Å². The van der Waals surface area contributed by atoms with Gasteiger partial charge >= 0.3 is 0 Å². The predicted octanol–water partition coefficient (Wildman–Crippen LogP) is 2.28. The zero-order chi connectivity index (χ0) is 21.8. The Morgan fingerprint density at radius 2 is 1.84 bits per heavy atom. The lowest BCUT2D eigenvalue weighted by atomic mass is 9.95. The van der Waals surface area contributed by atoms with Crippen molar-refractivity contribution in [1.82, 2.24) is 9.21 Å². The number of fused-ring (bicyclic) bond motifs is 1. The van der Waals surface area contributed by atoms with E-state index < -0.39 is 10.0 Å². The molecule has 9 heteroatoms. The molecular formula is C22H32N2O6S. The first-order valence-electron chi connectivity index (χ1n) is 11.3. The van der Waals surface area contributed by atoms with Crippen LogP contribution in [0, 0.1) is 5.92 Å². The fourth-order valence-electron chi connectivity index (χ4n) is 4.49. The summed E-state index contributed by atoms with van der Waals surface area (Å²) in [6.45, 7) is 5.78. The van der Waals surface area contributed by atoms with E-state index in [4.69, 9.17) is 14.2 Å². The second kappa shape index (κ2) is 9.75. The van der Waals surface area contributed by atoms with Crippen molar-refractivity contribution in [3.8, 4) is 11.5 Å². The normalized spacial score (nSPS) is 23.0. The van der Waals surface area contributed by atoms with Gasteiger partial charge < -0.3 is 19.1 Å². The molecular weight excluding hydrogens is 420 g/mol. The van der Waals surface area contributed by atoms with Crippen molar-refractivity contribution in [2.75, 3.05) is 46.0 Å². The quantitative estimate of drug-likeness (QED) is 0.658. The highest BCUT2D eigenvalue weighted by molar-refractivity contribution is 7.89. The fraction of sp³-hybridized carbons (Fsp3) is 0.682. The molecule has 0 N–H and O–H groups in total. The molecule has 1 amide bonds. The summed E-state index contributed by atoms with van der Waals surface area (Å²) in [5.41, 5.74) is 0. The third-order valence-corrected chi connectivity index (χ3v) is 8.10. The number of hydrogen-bond acceptors (Lipinski definition) is 6. The summed E-state index contributed by atoms with van der Waals surface area (Å²) in [4.78, 5) is 15.1. The Morgan fingerprint density at radius 1 is 1.10 bits per heavy atom. The molecule has 0 saturated carbocycles. The monoisotopic (exact) mass is 452 g/mol. The summed E-state index contributed by atoms with van der Waals surface area (Å²) in [7, 11) is -3.64. The number of rotatable bonds is 6. The van der Waals surface area contributed by atoms with Gasteiger partial charge in [-0.05, 0) is 44.2 Å². The Kier molecular flexibility index (Phi) is 7.03. The van der Waals surface area contributed by atoms with E-state index in [-0.39, 0.29) is 22.8 Å². The highest BCUT2D eigenvalue weighted by Crippen LogP contribution is 2.34. The Balaban J connectivity index is 1.35. The third-order valence-electron chi connectivity index (χ3n) is 6.20. The van der Waals surface area contributed by atoms with E-state index in [1.807, 2.05) is 4.90 Å². The average molecular weight is 453 g/mol. The molecule has 0 spiro atoms. The number of piperidine rings is 2. The molecule has 3 aliphatic rings. The van der Waals surface area contributed by atoms with Gasteiger partial charge in [-0.15, -0.1) is 0 Å². The van der Waals surface area contributed by atoms with E-state index in [1.54, 1.807) is 12.1 Å². The van der Waals surface area contributed by atoms with Crippen molar-refractivity contribution in [1.29, 1.82) is 0 Å². The number of likely N-dealkylation sites (tertiary alicyclic amines) is 1. The van der Waals surface area contributed by atoms with Gasteiger partial charge in [0.15, 0.2) is 11.5 Å². The largest absolute Gasteiger partial charge is 0.486 e. The van der Waals surface area contributed by atoms with Crippen LogP contribution in [0.2, 0.25) is 0 Å². The summed E-state index contributed by atoms with van der Waals surface area (Å²) in [6.07, 6.45) is 4.13. The average Bonchev–Trinajstić information content (AvgIpc) is 2.82. The van der Waals surface area contributed by atoms with Gasteiger partial charge in [-0.3, -0.25) is 4.79 Å². The zero-order valence-electron chi connectivity index (χ0n) is 18.1. The molecule has 1 aromatic rings. The number of ether oxygens (including phenoxy) is 3. The number of amides is 1. The molecule has 8 nitrogen and oxygen atoms in total. The number of sulfonamides is 1. The van der Waals surface area contributed by atoms with Gasteiger partial charge in [0.2, 0.25) is 15.9 Å². The lowest BCUT2D eigenvalue weighted by Gasteiger charge is -2.37. The topological polar surface area (TPSA) is 85.4 Å². The van der Waals surface area contributed by atoms with Crippen LogP contribution in [-0.4, -0.2) is 75.6 Å². The fourth-order valence-corrected chi connectivity index (χ4v) is 5.98. The lowest BCUT2D eigenvalue weighted by Crippen LogP contribution is -2.48. The Labute approximate surface area is 184 Å². The number of nitrogens with zero attached hydrogens (tertiary/aromatic N) is 2. The first kappa shape index (κ1) is 22.4. The third kappa shape index (κ3) is 4.99. The standard InChI is InChI=1S/C22H32N2O6S/c1-2-12-28-18-4-3-9-23(16-18)22(25)17-7-10-24(11-8-17)31(26,27)19-5-6-20-21(15-19)30-14-13-29-20/h5-6,15,17-18H,2-4,7-14,16H2,1H3. The molecule has 0 radical (unpaired) electrons. The first-order chi connectivity index (χ1) is 15.0. The number of carbonyl (C=O) groups excluding carboxylic acids is 1. The van der Waals surface area contributed by atoms with Crippen molar-refractivity contribution >= 4 is 15.9 Å². The van der Waals surface area contributed by atoms with Crippen molar-refractivity contribution in [3.05, 3.63) is 18.2 Å². The maximum atomic E-state index is 13.1. The summed E-state index contributed by atoms with van der Waals surface area (Å²) < 4.78 is 44.6. The SMILES string of the molecule is CCCOC1CCCN(C(=O)C2CCN(S(=O)(=O)c3ccc4c(c3)OCCO4)CC2)C1. The van der Waals surface area contributed by atoms with Crippen LogP contribution in [0.25, 0.3) is 0 Å². The van der Waals surface area contributed by atoms with Gasteiger partial charge in [-0.1, -0.05) is 6.92 Å². The molecule has 0 aliphatic carbocycles. The van der Waals surface area contributed by atoms with E-state index >= 15 is 0 Å². The maximum Gasteiger partial charge on any atom is 0.243 e. The van der Waals surface area contributed by atoms with Crippen LogP contribution in [0.4, 0.5) is 0 Å². The van der Waals surface area contributed by atoms with Gasteiger partial charge in [0.1, 0.15) is 13.2 Å². The van der Waals surface area contributed by atoms with E-state index in [2.05, 4.69) is 6.92 Å². The minimum atomic E-state index is -3.64. The Hall–Kier alpha value is -1.84. The smallest absolute Gasteiger partial charge is 0.243 e. The zero-order valence-corrected chi connectivity index (χ0v) is 18.9. The van der Waals surface area contributed by atoms with E-state index in [0.29, 0.717) is 57.2 Å². The number of hydrogen-bond donors (Lipinski definition) is 0. The van der Waals surface area contributed by atoms with E-state index in [1.165, 1.54) is 10.4 Å². The van der Waals surface area contributed by atoms with Crippen LogP contribution in [0.3, 0.4) is 0 Å². The molecule has 3 aliphatic heterocycles. The minimum absolute atomic E-state index is 0.119. The second-order valence-electron chi connectivity index (χ2n) is 8.40. The summed E-state index contributed by atoms with van der Waals surface area (Å²) >= 11 is 0. The van der Waals surface area contributed by atoms with Gasteiger partial charge in [-0.25, -0.2) is 8.42 Å². The maximum absolute atomic E-state index is 13.1. The molecule has 172 valence electrons. The Morgan fingerprint density at radius 3 is 2.58 bits per heavy atom. The van der Waals surface area contributed by atoms with E-state index in [9.17, 15) is 13.2 Å². The molecule has 31 heavy (non-hydrogen) atoms. The van der Waals surface area contributed by atoms with Crippen LogP contribution in [0.15, 0.2) is 23.1 Å². The van der Waals surface area contributed by atoms with E-state index in [0.717, 1.165) is 32.4 Å². The van der Waals surface area contributed by atoms with Gasteiger partial charge in [0.05, 0.1) is 11.0 Å². The van der Waals surface area contributed by atoms with Crippen molar-refractivity contribution in [2.45, 2.75) is 50.0 Å². The van der Waals surface area contributed by atoms with Crippen LogP contribution in [0.5, 0.6) is 11.5 Å². The van der Waals surface area contributed by atoms with Crippen LogP contribution >= 0.6 is 0 Å². The van der Waals surface area contributed by atoms with Crippen LogP contribution in [-0.2, 0) is 19.6 Å². The van der Waals surface area contributed by atoms with Crippen molar-refractivity contribution in [2.24, 2.45) is 5.92 Å². The summed E-state index contributed by atoms with van der Waals surface area (Å²) in [5.74, 6) is 1.04. The highest BCUT2D eigenvalue weighted by atomic mass is 32.2.